The number of hydrogen-bond acceptors (Lipinski definition) is 6. The summed E-state index contributed by atoms with van der Waals surface area (Å²) in [6.45, 7) is 10.3. The van der Waals surface area contributed by atoms with E-state index in [1.807, 2.05) is 0 Å². The summed E-state index contributed by atoms with van der Waals surface area (Å²) < 4.78 is 11.6. The molecule has 1 aliphatic carbocycles. The van der Waals surface area contributed by atoms with Crippen molar-refractivity contribution >= 4 is 11.6 Å². The molecule has 0 amide bonds. The van der Waals surface area contributed by atoms with Crippen molar-refractivity contribution in [1.29, 1.82) is 0 Å². The number of nitrogens with one attached hydrogen (secondary N) is 1. The molecule has 2 aromatic rings. The van der Waals surface area contributed by atoms with Gasteiger partial charge in [-0.1, -0.05) is 27.7 Å². The average molecular weight is 440 g/mol. The number of carbonyl (C=O) groups is 1. The van der Waals surface area contributed by atoms with Crippen LogP contribution >= 0.6 is 0 Å². The summed E-state index contributed by atoms with van der Waals surface area (Å²) in [6, 6.07) is 4.64. The predicted molar refractivity (Wildman–Crippen MR) is 128 cm³/mol. The first-order valence-electron chi connectivity index (χ1n) is 11.9. The molecule has 0 spiro atoms. The van der Waals surface area contributed by atoms with Crippen LogP contribution in [0.1, 0.15) is 82.5 Å². The molecule has 0 aliphatic heterocycles. The minimum absolute atomic E-state index is 0.0408. The van der Waals surface area contributed by atoms with Crippen LogP contribution in [0, 0.1) is 0 Å². The molecule has 1 aromatic heterocycles. The van der Waals surface area contributed by atoms with Crippen LogP contribution in [0.5, 0.6) is 5.75 Å². The third-order valence-corrected chi connectivity index (χ3v) is 6.26. The molecule has 0 radical (unpaired) electrons. The number of rotatable bonds is 11. The molecule has 1 unspecified atom stereocenters. The lowest BCUT2D eigenvalue weighted by molar-refractivity contribution is -0.123. The number of ether oxygens (including phenoxy) is 2. The topological polar surface area (TPSA) is 73.3 Å². The molecular formula is C26H37N3O3. The van der Waals surface area contributed by atoms with Gasteiger partial charge in [-0.15, -0.1) is 0 Å². The van der Waals surface area contributed by atoms with Gasteiger partial charge in [-0.2, -0.15) is 0 Å². The number of nitrogens with zero attached hydrogens (tertiary/aromatic N) is 2. The fraction of sp³-hybridized carbons (Fsp3) is 0.577. The maximum atomic E-state index is 11.4. The Morgan fingerprint density at radius 1 is 1.12 bits per heavy atom. The Labute approximate surface area is 192 Å². The summed E-state index contributed by atoms with van der Waals surface area (Å²) in [4.78, 5) is 21.5. The highest BCUT2D eigenvalue weighted by atomic mass is 16.5. The summed E-state index contributed by atoms with van der Waals surface area (Å²) in [7, 11) is 1.69. The highest BCUT2D eigenvalue weighted by molar-refractivity contribution is 5.77. The molecule has 1 atom stereocenters. The van der Waals surface area contributed by atoms with Crippen LogP contribution in [0.15, 0.2) is 12.1 Å². The van der Waals surface area contributed by atoms with Gasteiger partial charge in [0.05, 0.1) is 30.3 Å². The number of fused-ring (bicyclic) bond motifs is 1. The van der Waals surface area contributed by atoms with Crippen LogP contribution in [-0.2, 0) is 28.8 Å². The normalized spacial score (nSPS) is 15.2. The molecule has 6 heteroatoms. The first-order chi connectivity index (χ1) is 15.4. The standard InChI is InChI=1S/C26H37N3O3/c1-7-18(8-2)27-26-22(10-4)28-25(21(9-3)29-26)20-13-17-11-12-23(32-15-16(5)30)19(17)14-24(20)31-6/h13-14,18,23H,7-12,15H2,1-6H3,(H,27,29). The molecule has 3 rings (SSSR count). The molecule has 1 aromatic carbocycles. The number of Topliss-reactive ketones (excluding diaryl/α,β-unsaturated/α-hetero) is 1. The van der Waals surface area contributed by atoms with Crippen molar-refractivity contribution in [2.45, 2.75) is 85.3 Å². The van der Waals surface area contributed by atoms with E-state index in [1.165, 1.54) is 5.56 Å². The second kappa shape index (κ2) is 10.9. The van der Waals surface area contributed by atoms with Gasteiger partial charge in [0.1, 0.15) is 18.2 Å². The summed E-state index contributed by atoms with van der Waals surface area (Å²) in [5.41, 5.74) is 6.17. The lowest BCUT2D eigenvalue weighted by Crippen LogP contribution is -2.20. The fourth-order valence-corrected chi connectivity index (χ4v) is 4.36. The van der Waals surface area contributed by atoms with E-state index in [2.05, 4.69) is 45.1 Å². The lowest BCUT2D eigenvalue weighted by Gasteiger charge is -2.21. The van der Waals surface area contributed by atoms with Crippen LogP contribution in [0.4, 0.5) is 5.82 Å². The zero-order chi connectivity index (χ0) is 23.3. The van der Waals surface area contributed by atoms with Crippen molar-refractivity contribution in [3.05, 3.63) is 34.6 Å². The van der Waals surface area contributed by atoms with Crippen LogP contribution in [0.2, 0.25) is 0 Å². The molecule has 174 valence electrons. The molecule has 6 nitrogen and oxygen atoms in total. The molecule has 1 heterocycles. The Hall–Kier alpha value is -2.47. The van der Waals surface area contributed by atoms with Crippen LogP contribution < -0.4 is 10.1 Å². The molecular weight excluding hydrogens is 402 g/mol. The van der Waals surface area contributed by atoms with E-state index in [4.69, 9.17) is 19.4 Å². The van der Waals surface area contributed by atoms with E-state index in [1.54, 1.807) is 14.0 Å². The average Bonchev–Trinajstić information content (AvgIpc) is 3.21. The van der Waals surface area contributed by atoms with Crippen molar-refractivity contribution < 1.29 is 14.3 Å². The van der Waals surface area contributed by atoms with Gasteiger partial charge in [-0.3, -0.25) is 4.79 Å². The molecule has 0 saturated heterocycles. The maximum Gasteiger partial charge on any atom is 0.155 e. The van der Waals surface area contributed by atoms with E-state index in [0.29, 0.717) is 6.04 Å². The zero-order valence-corrected chi connectivity index (χ0v) is 20.4. The molecule has 32 heavy (non-hydrogen) atoms. The Balaban J connectivity index is 2.04. The van der Waals surface area contributed by atoms with Crippen molar-refractivity contribution in [1.82, 2.24) is 9.97 Å². The second-order valence-corrected chi connectivity index (χ2v) is 8.47. The van der Waals surface area contributed by atoms with E-state index in [0.717, 1.165) is 78.3 Å². The SMILES string of the molecule is CCc1nc(-c2cc3c(cc2OC)C(OCC(C)=O)CC3)c(CC)nc1NC(CC)CC. The van der Waals surface area contributed by atoms with Crippen molar-refractivity contribution in [2.24, 2.45) is 0 Å². The summed E-state index contributed by atoms with van der Waals surface area (Å²) in [5, 5.41) is 3.60. The molecule has 0 fully saturated rings. The number of methoxy groups -OCH3 is 1. The lowest BCUT2D eigenvalue weighted by atomic mass is 10.00. The number of ketones is 1. The predicted octanol–water partition coefficient (Wildman–Crippen LogP) is 5.47. The monoisotopic (exact) mass is 439 g/mol. The number of hydrogen-bond donors (Lipinski definition) is 1. The van der Waals surface area contributed by atoms with Crippen molar-refractivity contribution in [2.75, 3.05) is 19.0 Å². The molecule has 0 bridgehead atoms. The molecule has 1 N–H and O–H groups in total. The van der Waals surface area contributed by atoms with Crippen LogP contribution in [0.25, 0.3) is 11.3 Å². The van der Waals surface area contributed by atoms with E-state index >= 15 is 0 Å². The number of aryl methyl sites for hydroxylation is 3. The van der Waals surface area contributed by atoms with Crippen LogP contribution in [-0.4, -0.2) is 35.5 Å². The van der Waals surface area contributed by atoms with Crippen molar-refractivity contribution in [3.63, 3.8) is 0 Å². The summed E-state index contributed by atoms with van der Waals surface area (Å²) in [6.07, 6.45) is 5.42. The highest BCUT2D eigenvalue weighted by Crippen LogP contribution is 2.42. The van der Waals surface area contributed by atoms with E-state index < -0.39 is 0 Å². The smallest absolute Gasteiger partial charge is 0.155 e. The van der Waals surface area contributed by atoms with Crippen LogP contribution in [0.3, 0.4) is 0 Å². The van der Waals surface area contributed by atoms with Gasteiger partial charge in [0.25, 0.3) is 0 Å². The molecule has 0 saturated carbocycles. The third kappa shape index (κ3) is 5.12. The van der Waals surface area contributed by atoms with Gasteiger partial charge in [0.2, 0.25) is 0 Å². The minimum atomic E-state index is -0.0635. The third-order valence-electron chi connectivity index (χ3n) is 6.26. The number of carbonyl (C=O) groups excluding carboxylic acids is 1. The number of benzene rings is 1. The first kappa shape index (κ1) is 24.2. The summed E-state index contributed by atoms with van der Waals surface area (Å²) in [5.74, 6) is 1.72. The Bertz CT molecular complexity index is 954. The first-order valence-corrected chi connectivity index (χ1v) is 11.9. The van der Waals surface area contributed by atoms with Gasteiger partial charge in [-0.05, 0) is 68.7 Å². The van der Waals surface area contributed by atoms with Gasteiger partial charge in [0.15, 0.2) is 5.78 Å². The van der Waals surface area contributed by atoms with Gasteiger partial charge >= 0.3 is 0 Å². The van der Waals surface area contributed by atoms with Gasteiger partial charge in [-0.25, -0.2) is 9.97 Å². The van der Waals surface area contributed by atoms with Gasteiger partial charge in [0, 0.05) is 11.6 Å². The largest absolute Gasteiger partial charge is 0.496 e. The number of anilines is 1. The fourth-order valence-electron chi connectivity index (χ4n) is 4.36. The van der Waals surface area contributed by atoms with Crippen molar-refractivity contribution in [3.8, 4) is 17.0 Å². The summed E-state index contributed by atoms with van der Waals surface area (Å²) >= 11 is 0. The Morgan fingerprint density at radius 2 is 1.84 bits per heavy atom. The number of aromatic nitrogens is 2. The Morgan fingerprint density at radius 3 is 2.44 bits per heavy atom. The van der Waals surface area contributed by atoms with Gasteiger partial charge < -0.3 is 14.8 Å². The van der Waals surface area contributed by atoms with E-state index in [-0.39, 0.29) is 18.5 Å². The minimum Gasteiger partial charge on any atom is -0.496 e. The molecule has 1 aliphatic rings. The van der Waals surface area contributed by atoms with E-state index in [9.17, 15) is 4.79 Å². The Kier molecular flexibility index (Phi) is 8.24. The maximum absolute atomic E-state index is 11.4. The second-order valence-electron chi connectivity index (χ2n) is 8.47. The quantitative estimate of drug-likeness (QED) is 0.500. The zero-order valence-electron chi connectivity index (χ0n) is 20.4. The highest BCUT2D eigenvalue weighted by Gasteiger charge is 2.27.